The maximum absolute atomic E-state index is 12.5. The number of aliphatic hydroxyl groups excluding tert-OH is 1. The summed E-state index contributed by atoms with van der Waals surface area (Å²) < 4.78 is 0. The number of hydrogen-bond acceptors (Lipinski definition) is 3. The molecule has 1 amide bonds. The highest BCUT2D eigenvalue weighted by Gasteiger charge is 2.33. The molecule has 4 heteroatoms. The highest BCUT2D eigenvalue weighted by molar-refractivity contribution is 5.81. The zero-order valence-electron chi connectivity index (χ0n) is 12.3. The minimum Gasteiger partial charge on any atom is -0.393 e. The minimum absolute atomic E-state index is 0.0261. The third kappa shape index (κ3) is 3.69. The van der Waals surface area contributed by atoms with Gasteiger partial charge in [-0.2, -0.15) is 0 Å². The van der Waals surface area contributed by atoms with E-state index in [0.717, 1.165) is 45.4 Å². The number of likely N-dealkylation sites (tertiary alicyclic amines) is 2. The second kappa shape index (κ2) is 6.71. The number of rotatable bonds is 3. The Morgan fingerprint density at radius 3 is 2.26 bits per heavy atom. The third-order valence-corrected chi connectivity index (χ3v) is 4.76. The predicted octanol–water partition coefficient (Wildman–Crippen LogP) is 1.48. The number of amides is 1. The van der Waals surface area contributed by atoms with Gasteiger partial charge in [-0.3, -0.25) is 9.69 Å². The van der Waals surface area contributed by atoms with Crippen LogP contribution in [0.2, 0.25) is 0 Å². The van der Waals surface area contributed by atoms with Crippen LogP contribution in [0.1, 0.15) is 46.0 Å². The zero-order chi connectivity index (χ0) is 13.8. The Morgan fingerprint density at radius 1 is 1.11 bits per heavy atom. The molecule has 0 saturated carbocycles. The molecule has 0 aromatic carbocycles. The maximum Gasteiger partial charge on any atom is 0.239 e. The second-order valence-corrected chi connectivity index (χ2v) is 6.20. The summed E-state index contributed by atoms with van der Waals surface area (Å²) in [5.74, 6) is 0.618. The number of carbonyl (C=O) groups is 1. The Kier molecular flexibility index (Phi) is 5.22. The summed E-state index contributed by atoms with van der Waals surface area (Å²) in [5, 5.41) is 9.65. The Bertz CT molecular complexity index is 299. The van der Waals surface area contributed by atoms with E-state index in [0.29, 0.717) is 5.92 Å². The van der Waals surface area contributed by atoms with Crippen LogP contribution in [0.5, 0.6) is 0 Å². The van der Waals surface area contributed by atoms with E-state index in [1.165, 1.54) is 12.8 Å². The lowest BCUT2D eigenvalue weighted by Crippen LogP contribution is -2.46. The SMILES string of the molecule is CC(O)C1CCN(C(C)C(=O)N2CCCCCC2)C1. The first-order valence-corrected chi connectivity index (χ1v) is 7.80. The fraction of sp³-hybridized carbons (Fsp3) is 0.933. The van der Waals surface area contributed by atoms with Crippen molar-refractivity contribution in [3.8, 4) is 0 Å². The van der Waals surface area contributed by atoms with Gasteiger partial charge in [-0.05, 0) is 45.6 Å². The van der Waals surface area contributed by atoms with Crippen LogP contribution in [-0.4, -0.2) is 59.1 Å². The molecule has 0 radical (unpaired) electrons. The molecule has 2 heterocycles. The van der Waals surface area contributed by atoms with Gasteiger partial charge in [-0.1, -0.05) is 12.8 Å². The highest BCUT2D eigenvalue weighted by atomic mass is 16.3. The van der Waals surface area contributed by atoms with Crippen LogP contribution in [0, 0.1) is 5.92 Å². The Labute approximate surface area is 116 Å². The largest absolute Gasteiger partial charge is 0.393 e. The first kappa shape index (κ1) is 14.8. The molecule has 0 aromatic heterocycles. The van der Waals surface area contributed by atoms with Gasteiger partial charge < -0.3 is 10.0 Å². The molecule has 2 aliphatic rings. The zero-order valence-corrected chi connectivity index (χ0v) is 12.3. The monoisotopic (exact) mass is 268 g/mol. The Morgan fingerprint density at radius 2 is 1.74 bits per heavy atom. The average molecular weight is 268 g/mol. The number of carbonyl (C=O) groups excluding carboxylic acids is 1. The van der Waals surface area contributed by atoms with E-state index in [1.54, 1.807) is 0 Å². The molecule has 0 bridgehead atoms. The molecule has 2 rings (SSSR count). The molecule has 2 fully saturated rings. The van der Waals surface area contributed by atoms with E-state index >= 15 is 0 Å². The fourth-order valence-electron chi connectivity index (χ4n) is 3.27. The average Bonchev–Trinajstić information content (AvgIpc) is 2.73. The summed E-state index contributed by atoms with van der Waals surface area (Å²) in [6, 6.07) is -0.0261. The summed E-state index contributed by atoms with van der Waals surface area (Å²) >= 11 is 0. The molecule has 19 heavy (non-hydrogen) atoms. The van der Waals surface area contributed by atoms with Crippen LogP contribution in [0.25, 0.3) is 0 Å². The van der Waals surface area contributed by atoms with Crippen LogP contribution in [-0.2, 0) is 4.79 Å². The van der Waals surface area contributed by atoms with Crippen LogP contribution >= 0.6 is 0 Å². The first-order valence-electron chi connectivity index (χ1n) is 7.80. The van der Waals surface area contributed by atoms with Crippen LogP contribution in [0.3, 0.4) is 0 Å². The third-order valence-electron chi connectivity index (χ3n) is 4.76. The molecular weight excluding hydrogens is 240 g/mol. The highest BCUT2D eigenvalue weighted by Crippen LogP contribution is 2.23. The van der Waals surface area contributed by atoms with Gasteiger partial charge in [0.25, 0.3) is 0 Å². The van der Waals surface area contributed by atoms with Gasteiger partial charge >= 0.3 is 0 Å². The molecule has 0 aliphatic carbocycles. The molecule has 2 aliphatic heterocycles. The molecular formula is C15H28N2O2. The minimum atomic E-state index is -0.259. The second-order valence-electron chi connectivity index (χ2n) is 6.20. The molecule has 3 atom stereocenters. The van der Waals surface area contributed by atoms with Gasteiger partial charge in [0.15, 0.2) is 0 Å². The predicted molar refractivity (Wildman–Crippen MR) is 75.9 cm³/mol. The van der Waals surface area contributed by atoms with E-state index in [9.17, 15) is 9.90 Å². The van der Waals surface area contributed by atoms with Crippen molar-refractivity contribution < 1.29 is 9.90 Å². The van der Waals surface area contributed by atoms with Crippen molar-refractivity contribution in [1.82, 2.24) is 9.80 Å². The van der Waals surface area contributed by atoms with Crippen molar-refractivity contribution in [2.24, 2.45) is 5.92 Å². The van der Waals surface area contributed by atoms with Crippen molar-refractivity contribution in [2.45, 2.75) is 58.1 Å². The molecule has 1 N–H and O–H groups in total. The molecule has 2 saturated heterocycles. The van der Waals surface area contributed by atoms with Gasteiger partial charge in [0, 0.05) is 19.6 Å². The first-order chi connectivity index (χ1) is 9.09. The summed E-state index contributed by atoms with van der Waals surface area (Å²) in [7, 11) is 0. The molecule has 0 spiro atoms. The normalized spacial score (nSPS) is 29.0. The van der Waals surface area contributed by atoms with Gasteiger partial charge in [0.05, 0.1) is 12.1 Å². The molecule has 3 unspecified atom stereocenters. The van der Waals surface area contributed by atoms with Crippen molar-refractivity contribution in [3.63, 3.8) is 0 Å². The smallest absolute Gasteiger partial charge is 0.239 e. The van der Waals surface area contributed by atoms with E-state index in [-0.39, 0.29) is 18.1 Å². The standard InChI is InChI=1S/C15H28N2O2/c1-12(17-10-7-14(11-17)13(2)18)15(19)16-8-5-3-4-6-9-16/h12-14,18H,3-11H2,1-2H3. The number of nitrogens with zero attached hydrogens (tertiary/aromatic N) is 2. The fourth-order valence-corrected chi connectivity index (χ4v) is 3.27. The van der Waals surface area contributed by atoms with E-state index in [4.69, 9.17) is 0 Å². The summed E-state index contributed by atoms with van der Waals surface area (Å²) in [5.41, 5.74) is 0. The van der Waals surface area contributed by atoms with Crippen molar-refractivity contribution >= 4 is 5.91 Å². The van der Waals surface area contributed by atoms with E-state index in [1.807, 2.05) is 18.7 Å². The van der Waals surface area contributed by atoms with Gasteiger partial charge in [-0.25, -0.2) is 0 Å². The molecule has 4 nitrogen and oxygen atoms in total. The topological polar surface area (TPSA) is 43.8 Å². The Hall–Kier alpha value is -0.610. The van der Waals surface area contributed by atoms with Crippen LogP contribution < -0.4 is 0 Å². The number of hydrogen-bond donors (Lipinski definition) is 1. The summed E-state index contributed by atoms with van der Waals surface area (Å²) in [6.07, 6.45) is 5.56. The molecule has 0 aromatic rings. The lowest BCUT2D eigenvalue weighted by Gasteiger charge is -2.30. The van der Waals surface area contributed by atoms with Crippen LogP contribution in [0.15, 0.2) is 0 Å². The van der Waals surface area contributed by atoms with Crippen molar-refractivity contribution in [1.29, 1.82) is 0 Å². The number of aliphatic hydroxyl groups is 1. The Balaban J connectivity index is 1.88. The van der Waals surface area contributed by atoms with E-state index < -0.39 is 0 Å². The van der Waals surface area contributed by atoms with Gasteiger partial charge in [0.1, 0.15) is 0 Å². The molecule has 110 valence electrons. The summed E-state index contributed by atoms with van der Waals surface area (Å²) in [6.45, 7) is 7.54. The van der Waals surface area contributed by atoms with Gasteiger partial charge in [-0.15, -0.1) is 0 Å². The van der Waals surface area contributed by atoms with Gasteiger partial charge in [0.2, 0.25) is 5.91 Å². The van der Waals surface area contributed by atoms with Crippen molar-refractivity contribution in [3.05, 3.63) is 0 Å². The van der Waals surface area contributed by atoms with Crippen LogP contribution in [0.4, 0.5) is 0 Å². The maximum atomic E-state index is 12.5. The summed E-state index contributed by atoms with van der Waals surface area (Å²) in [4.78, 5) is 16.8. The quantitative estimate of drug-likeness (QED) is 0.843. The van der Waals surface area contributed by atoms with Crippen molar-refractivity contribution in [2.75, 3.05) is 26.2 Å². The lowest BCUT2D eigenvalue weighted by atomic mass is 10.0. The lowest BCUT2D eigenvalue weighted by molar-refractivity contribution is -0.136. The van der Waals surface area contributed by atoms with E-state index in [2.05, 4.69) is 4.90 Å².